The average molecular weight is 335 g/mol. The topological polar surface area (TPSA) is 62.3 Å². The molecule has 0 fully saturated rings. The summed E-state index contributed by atoms with van der Waals surface area (Å²) in [6.07, 6.45) is 0. The minimum Gasteiger partial charge on any atom is -0.331 e. The van der Waals surface area contributed by atoms with Gasteiger partial charge in [-0.1, -0.05) is 12.1 Å². The van der Waals surface area contributed by atoms with Gasteiger partial charge in [-0.05, 0) is 31.5 Å². The molecule has 7 heteroatoms. The summed E-state index contributed by atoms with van der Waals surface area (Å²) in [5.74, 6) is -0.766. The average Bonchev–Trinajstić information content (AvgIpc) is 2.96. The van der Waals surface area contributed by atoms with E-state index in [1.165, 1.54) is 30.4 Å². The molecule has 0 radical (unpaired) electrons. The molecule has 2 rings (SSSR count). The maximum atomic E-state index is 13.0. The summed E-state index contributed by atoms with van der Waals surface area (Å²) in [6, 6.07) is 5.88. The zero-order chi connectivity index (χ0) is 17.0. The number of halogens is 1. The third-order valence-corrected chi connectivity index (χ3v) is 4.19. The van der Waals surface area contributed by atoms with Crippen LogP contribution in [0.15, 0.2) is 29.6 Å². The third-order valence-electron chi connectivity index (χ3n) is 3.43. The van der Waals surface area contributed by atoms with Gasteiger partial charge in [0.1, 0.15) is 11.5 Å². The number of hydrogen-bond acceptors (Lipinski definition) is 4. The lowest BCUT2D eigenvalue weighted by molar-refractivity contribution is -0.114. The summed E-state index contributed by atoms with van der Waals surface area (Å²) in [6.45, 7) is 5.64. The van der Waals surface area contributed by atoms with Crippen LogP contribution in [0.3, 0.4) is 0 Å². The monoisotopic (exact) mass is 335 g/mol. The zero-order valence-electron chi connectivity index (χ0n) is 13.2. The van der Waals surface area contributed by atoms with E-state index < -0.39 is 0 Å². The van der Waals surface area contributed by atoms with Crippen molar-refractivity contribution >= 4 is 28.3 Å². The summed E-state index contributed by atoms with van der Waals surface area (Å²) in [5, 5.41) is 4.57. The molecule has 2 amide bonds. The number of hydrogen-bond donors (Lipinski definition) is 1. The van der Waals surface area contributed by atoms with Crippen molar-refractivity contribution in [1.29, 1.82) is 0 Å². The fraction of sp³-hybridized carbons (Fsp3) is 0.312. The minimum absolute atomic E-state index is 0.209. The first-order valence-electron chi connectivity index (χ1n) is 7.22. The number of rotatable bonds is 5. The number of thiazole rings is 1. The van der Waals surface area contributed by atoms with E-state index in [1.807, 2.05) is 13.8 Å². The second-order valence-corrected chi connectivity index (χ2v) is 5.90. The van der Waals surface area contributed by atoms with Crippen LogP contribution in [0.1, 0.15) is 42.9 Å². The molecule has 0 aliphatic heterocycles. The van der Waals surface area contributed by atoms with E-state index in [0.29, 0.717) is 11.7 Å². The molecule has 0 bridgehead atoms. The summed E-state index contributed by atoms with van der Waals surface area (Å²) in [7, 11) is 0. The lowest BCUT2D eigenvalue weighted by Gasteiger charge is -2.27. The van der Waals surface area contributed by atoms with Crippen molar-refractivity contribution in [3.63, 3.8) is 0 Å². The Bertz CT molecular complexity index is 700. The van der Waals surface area contributed by atoms with Gasteiger partial charge in [0.15, 0.2) is 5.13 Å². The molecular weight excluding hydrogens is 317 g/mol. The normalized spacial score (nSPS) is 11.8. The molecule has 0 aliphatic rings. The molecule has 0 aliphatic carbocycles. The van der Waals surface area contributed by atoms with Crippen molar-refractivity contribution in [3.8, 4) is 0 Å². The molecule has 0 saturated carbocycles. The molecule has 0 saturated heterocycles. The van der Waals surface area contributed by atoms with Gasteiger partial charge < -0.3 is 10.2 Å². The largest absolute Gasteiger partial charge is 0.331 e. The first kappa shape index (κ1) is 17.1. The van der Waals surface area contributed by atoms with E-state index in [4.69, 9.17) is 0 Å². The maximum absolute atomic E-state index is 13.0. The molecule has 1 heterocycles. The van der Waals surface area contributed by atoms with Crippen LogP contribution in [0.25, 0.3) is 0 Å². The lowest BCUT2D eigenvalue weighted by Crippen LogP contribution is -2.33. The summed E-state index contributed by atoms with van der Waals surface area (Å²) < 4.78 is 13.0. The molecule has 1 aromatic heterocycles. The minimum atomic E-state index is -0.310. The van der Waals surface area contributed by atoms with Gasteiger partial charge in [-0.15, -0.1) is 11.3 Å². The number of anilines is 1. The Morgan fingerprint density at radius 2 is 2.00 bits per heavy atom. The smallest absolute Gasteiger partial charge is 0.273 e. The van der Waals surface area contributed by atoms with Crippen LogP contribution in [0, 0.1) is 5.82 Å². The van der Waals surface area contributed by atoms with Crippen LogP contribution in [-0.4, -0.2) is 28.2 Å². The predicted molar refractivity (Wildman–Crippen MR) is 87.9 cm³/mol. The fourth-order valence-corrected chi connectivity index (χ4v) is 2.97. The van der Waals surface area contributed by atoms with Crippen molar-refractivity contribution in [2.24, 2.45) is 0 Å². The Morgan fingerprint density at radius 1 is 1.35 bits per heavy atom. The van der Waals surface area contributed by atoms with E-state index in [9.17, 15) is 14.0 Å². The summed E-state index contributed by atoms with van der Waals surface area (Å²) >= 11 is 1.20. The van der Waals surface area contributed by atoms with Crippen molar-refractivity contribution in [3.05, 3.63) is 46.7 Å². The number of carbonyl (C=O) groups excluding carboxylic acids is 2. The van der Waals surface area contributed by atoms with Crippen molar-refractivity contribution in [2.75, 3.05) is 11.9 Å². The van der Waals surface area contributed by atoms with Crippen molar-refractivity contribution in [2.45, 2.75) is 26.8 Å². The van der Waals surface area contributed by atoms with E-state index in [1.54, 1.807) is 22.4 Å². The van der Waals surface area contributed by atoms with Crippen LogP contribution in [0.4, 0.5) is 9.52 Å². The zero-order valence-corrected chi connectivity index (χ0v) is 14.0. The number of amides is 2. The Kier molecular flexibility index (Phi) is 5.44. The lowest BCUT2D eigenvalue weighted by atomic mass is 10.1. The number of nitrogens with one attached hydrogen (secondary N) is 1. The van der Waals surface area contributed by atoms with E-state index in [0.717, 1.165) is 5.56 Å². The highest BCUT2D eigenvalue weighted by Crippen LogP contribution is 2.24. The first-order valence-corrected chi connectivity index (χ1v) is 8.10. The van der Waals surface area contributed by atoms with Crippen molar-refractivity contribution < 1.29 is 14.0 Å². The van der Waals surface area contributed by atoms with Gasteiger partial charge in [0.2, 0.25) is 5.91 Å². The van der Waals surface area contributed by atoms with Gasteiger partial charge in [-0.3, -0.25) is 9.59 Å². The van der Waals surface area contributed by atoms with Gasteiger partial charge in [0, 0.05) is 18.8 Å². The van der Waals surface area contributed by atoms with Gasteiger partial charge in [0.25, 0.3) is 5.91 Å². The highest BCUT2D eigenvalue weighted by Gasteiger charge is 2.23. The van der Waals surface area contributed by atoms with Gasteiger partial charge in [-0.25, -0.2) is 9.37 Å². The second-order valence-electron chi connectivity index (χ2n) is 5.04. The van der Waals surface area contributed by atoms with E-state index in [2.05, 4.69) is 10.3 Å². The molecule has 0 spiro atoms. The summed E-state index contributed by atoms with van der Waals surface area (Å²) in [5.41, 5.74) is 1.13. The van der Waals surface area contributed by atoms with Crippen LogP contribution < -0.4 is 5.32 Å². The Hall–Kier alpha value is -2.28. The third kappa shape index (κ3) is 4.13. The number of benzene rings is 1. The maximum Gasteiger partial charge on any atom is 0.273 e. The number of aromatic nitrogens is 1. The highest BCUT2D eigenvalue weighted by atomic mass is 32.1. The molecule has 1 aromatic carbocycles. The van der Waals surface area contributed by atoms with Crippen LogP contribution in [0.2, 0.25) is 0 Å². The predicted octanol–water partition coefficient (Wildman–Crippen LogP) is 3.46. The molecule has 2 aromatic rings. The quantitative estimate of drug-likeness (QED) is 0.910. The van der Waals surface area contributed by atoms with Crippen LogP contribution in [0.5, 0.6) is 0 Å². The number of carbonyl (C=O) groups is 2. The van der Waals surface area contributed by atoms with Gasteiger partial charge in [0.05, 0.1) is 6.04 Å². The van der Waals surface area contributed by atoms with Crippen molar-refractivity contribution in [1.82, 2.24) is 9.88 Å². The van der Waals surface area contributed by atoms with Gasteiger partial charge in [-0.2, -0.15) is 0 Å². The molecule has 0 unspecified atom stereocenters. The van der Waals surface area contributed by atoms with E-state index in [-0.39, 0.29) is 29.4 Å². The standard InChI is InChI=1S/C16H18FN3O2S/c1-4-20(10(2)12-5-7-13(17)8-6-12)15(22)14-9-23-16(19-14)18-11(3)21/h5-10H,4H2,1-3H3,(H,18,19,21)/t10-/m0/s1. The molecular formula is C16H18FN3O2S. The van der Waals surface area contributed by atoms with E-state index >= 15 is 0 Å². The molecule has 1 atom stereocenters. The molecule has 1 N–H and O–H groups in total. The van der Waals surface area contributed by atoms with Crippen LogP contribution in [-0.2, 0) is 4.79 Å². The first-order chi connectivity index (χ1) is 10.9. The molecule has 23 heavy (non-hydrogen) atoms. The van der Waals surface area contributed by atoms with Gasteiger partial charge >= 0.3 is 0 Å². The Labute approximate surface area is 138 Å². The second kappa shape index (κ2) is 7.32. The summed E-state index contributed by atoms with van der Waals surface area (Å²) in [4.78, 5) is 29.5. The van der Waals surface area contributed by atoms with Crippen LogP contribution >= 0.6 is 11.3 Å². The SMILES string of the molecule is CCN(C(=O)c1csc(NC(C)=O)n1)[C@@H](C)c1ccc(F)cc1. The number of nitrogens with zero attached hydrogens (tertiary/aromatic N) is 2. The highest BCUT2D eigenvalue weighted by molar-refractivity contribution is 7.14. The molecule has 5 nitrogen and oxygen atoms in total. The Morgan fingerprint density at radius 3 is 2.57 bits per heavy atom. The molecule has 122 valence electrons. The Balaban J connectivity index is 2.18. The fourth-order valence-electron chi connectivity index (χ4n) is 2.24.